The molecule has 0 nitrogen and oxygen atoms in total. The second-order valence-electron chi connectivity index (χ2n) is 2.44. The molecule has 0 radical (unpaired) electrons. The Morgan fingerprint density at radius 3 is 2.92 bits per heavy atom. The summed E-state index contributed by atoms with van der Waals surface area (Å²) in [5.41, 5.74) is 1.17. The predicted molar refractivity (Wildman–Crippen MR) is 56.3 cm³/mol. The highest BCUT2D eigenvalue weighted by Gasteiger charge is 1.99. The molecule has 0 atom stereocenters. The molecule has 0 unspecified atom stereocenters. The lowest BCUT2D eigenvalue weighted by Gasteiger charge is -2.01. The maximum Gasteiger partial charge on any atom is 0.0409 e. The van der Waals surface area contributed by atoms with E-state index in [1.165, 1.54) is 5.56 Å². The van der Waals surface area contributed by atoms with Crippen molar-refractivity contribution in [3.8, 4) is 12.3 Å². The third-order valence-corrected chi connectivity index (χ3v) is 2.56. The van der Waals surface area contributed by atoms with E-state index < -0.39 is 0 Å². The molecule has 2 heteroatoms. The number of benzene rings is 1. The lowest BCUT2D eigenvalue weighted by Crippen LogP contribution is -1.85. The van der Waals surface area contributed by atoms with E-state index in [1.54, 1.807) is 0 Å². The Labute approximate surface area is 86.1 Å². The van der Waals surface area contributed by atoms with E-state index in [-0.39, 0.29) is 0 Å². The molecule has 0 aliphatic heterocycles. The molecule has 12 heavy (non-hydrogen) atoms. The summed E-state index contributed by atoms with van der Waals surface area (Å²) in [6, 6.07) is 5.72. The van der Waals surface area contributed by atoms with Crippen LogP contribution in [0.1, 0.15) is 12.0 Å². The Hall–Kier alpha value is -0.450. The van der Waals surface area contributed by atoms with Gasteiger partial charge in [0.1, 0.15) is 0 Å². The lowest BCUT2D eigenvalue weighted by molar-refractivity contribution is 1.02. The van der Waals surface area contributed by atoms with Crippen LogP contribution >= 0.6 is 27.5 Å². The first-order valence-electron chi connectivity index (χ1n) is 3.61. The summed E-state index contributed by atoms with van der Waals surface area (Å²) in [6.45, 7) is 0. The van der Waals surface area contributed by atoms with Crippen molar-refractivity contribution in [1.29, 1.82) is 0 Å². The molecule has 0 aliphatic carbocycles. The van der Waals surface area contributed by atoms with E-state index in [0.29, 0.717) is 0 Å². The molecule has 0 heterocycles. The van der Waals surface area contributed by atoms with Crippen LogP contribution in [-0.4, -0.2) is 0 Å². The average Bonchev–Trinajstić information content (AvgIpc) is 2.07. The van der Waals surface area contributed by atoms with Gasteiger partial charge in [-0.1, -0.05) is 27.5 Å². The van der Waals surface area contributed by atoms with E-state index >= 15 is 0 Å². The molecule has 0 aliphatic rings. The van der Waals surface area contributed by atoms with Gasteiger partial charge in [0.2, 0.25) is 0 Å². The quantitative estimate of drug-likeness (QED) is 0.695. The number of halogens is 2. The van der Waals surface area contributed by atoms with Gasteiger partial charge in [0, 0.05) is 15.9 Å². The van der Waals surface area contributed by atoms with E-state index in [1.807, 2.05) is 18.2 Å². The van der Waals surface area contributed by atoms with Gasteiger partial charge in [0.05, 0.1) is 0 Å². The third-order valence-electron chi connectivity index (χ3n) is 1.55. The van der Waals surface area contributed by atoms with Crippen molar-refractivity contribution in [3.63, 3.8) is 0 Å². The Morgan fingerprint density at radius 2 is 2.25 bits per heavy atom. The molecule has 0 fully saturated rings. The van der Waals surface area contributed by atoms with E-state index in [4.69, 9.17) is 18.0 Å². The molecule has 1 rings (SSSR count). The fourth-order valence-electron chi connectivity index (χ4n) is 0.942. The summed E-state index contributed by atoms with van der Waals surface area (Å²) in [7, 11) is 0. The summed E-state index contributed by atoms with van der Waals surface area (Å²) in [6.07, 6.45) is 6.79. The highest BCUT2D eigenvalue weighted by atomic mass is 79.9. The van der Waals surface area contributed by atoms with Gasteiger partial charge < -0.3 is 0 Å². The summed E-state index contributed by atoms with van der Waals surface area (Å²) in [5, 5.41) is 0.755. The minimum Gasteiger partial charge on any atom is -0.120 e. The Morgan fingerprint density at radius 1 is 1.50 bits per heavy atom. The SMILES string of the molecule is C#CCCc1cc(Cl)ccc1Br. The predicted octanol–water partition coefficient (Wildman–Crippen LogP) is 3.67. The molecule has 0 amide bonds. The van der Waals surface area contributed by atoms with Crippen LogP contribution in [0.15, 0.2) is 22.7 Å². The second-order valence-corrected chi connectivity index (χ2v) is 3.73. The van der Waals surface area contributed by atoms with Crippen molar-refractivity contribution >= 4 is 27.5 Å². The second kappa shape index (κ2) is 4.54. The van der Waals surface area contributed by atoms with Crippen molar-refractivity contribution in [2.45, 2.75) is 12.8 Å². The van der Waals surface area contributed by atoms with Gasteiger partial charge in [-0.15, -0.1) is 12.3 Å². The first kappa shape index (κ1) is 9.64. The first-order chi connectivity index (χ1) is 5.74. The molecule has 1 aromatic carbocycles. The average molecular weight is 244 g/mol. The highest BCUT2D eigenvalue weighted by Crippen LogP contribution is 2.22. The topological polar surface area (TPSA) is 0 Å². The van der Waals surface area contributed by atoms with Crippen molar-refractivity contribution < 1.29 is 0 Å². The van der Waals surface area contributed by atoms with Crippen LogP contribution in [0.4, 0.5) is 0 Å². The lowest BCUT2D eigenvalue weighted by atomic mass is 10.1. The number of rotatable bonds is 2. The van der Waals surface area contributed by atoms with E-state index in [9.17, 15) is 0 Å². The Kier molecular flexibility index (Phi) is 3.65. The first-order valence-corrected chi connectivity index (χ1v) is 4.78. The number of hydrogen-bond acceptors (Lipinski definition) is 0. The molecule has 0 aromatic heterocycles. The van der Waals surface area contributed by atoms with Crippen molar-refractivity contribution in [1.82, 2.24) is 0 Å². The molecule has 1 aromatic rings. The Balaban J connectivity index is 2.84. The minimum absolute atomic E-state index is 0.749. The maximum absolute atomic E-state index is 5.82. The molecule has 0 N–H and O–H groups in total. The minimum atomic E-state index is 0.749. The normalized spacial score (nSPS) is 9.42. The fourth-order valence-corrected chi connectivity index (χ4v) is 1.58. The summed E-state index contributed by atoms with van der Waals surface area (Å²) >= 11 is 9.26. The van der Waals surface area contributed by atoms with Crippen LogP contribution in [0.2, 0.25) is 5.02 Å². The van der Waals surface area contributed by atoms with Crippen molar-refractivity contribution in [2.75, 3.05) is 0 Å². The van der Waals surface area contributed by atoms with Crippen LogP contribution in [0.25, 0.3) is 0 Å². The highest BCUT2D eigenvalue weighted by molar-refractivity contribution is 9.10. The Bertz CT molecular complexity index is 312. The zero-order valence-corrected chi connectivity index (χ0v) is 8.82. The van der Waals surface area contributed by atoms with Gasteiger partial charge in [-0.3, -0.25) is 0 Å². The molecule has 0 saturated carbocycles. The van der Waals surface area contributed by atoms with Gasteiger partial charge >= 0.3 is 0 Å². The summed E-state index contributed by atoms with van der Waals surface area (Å²) in [5.74, 6) is 2.60. The van der Waals surface area contributed by atoms with E-state index in [2.05, 4.69) is 21.9 Å². The van der Waals surface area contributed by atoms with Gasteiger partial charge in [0.15, 0.2) is 0 Å². The molecular weight excluding hydrogens is 235 g/mol. The van der Waals surface area contributed by atoms with Crippen LogP contribution in [-0.2, 0) is 6.42 Å². The zero-order valence-electron chi connectivity index (χ0n) is 6.48. The summed E-state index contributed by atoms with van der Waals surface area (Å²) in [4.78, 5) is 0. The smallest absolute Gasteiger partial charge is 0.0409 e. The largest absolute Gasteiger partial charge is 0.120 e. The van der Waals surface area contributed by atoms with Gasteiger partial charge in [-0.05, 0) is 30.2 Å². The maximum atomic E-state index is 5.82. The zero-order chi connectivity index (χ0) is 8.97. The number of hydrogen-bond donors (Lipinski definition) is 0. The fraction of sp³-hybridized carbons (Fsp3) is 0.200. The van der Waals surface area contributed by atoms with E-state index in [0.717, 1.165) is 22.3 Å². The van der Waals surface area contributed by atoms with Gasteiger partial charge in [-0.2, -0.15) is 0 Å². The van der Waals surface area contributed by atoms with Crippen molar-refractivity contribution in [2.24, 2.45) is 0 Å². The van der Waals surface area contributed by atoms with Gasteiger partial charge in [0.25, 0.3) is 0 Å². The van der Waals surface area contributed by atoms with Crippen LogP contribution in [0.5, 0.6) is 0 Å². The molecular formula is C10H8BrCl. The number of terminal acetylenes is 1. The standard InChI is InChI=1S/C10H8BrCl/c1-2-3-4-8-7-9(12)5-6-10(8)11/h1,5-7H,3-4H2. The monoisotopic (exact) mass is 242 g/mol. The van der Waals surface area contributed by atoms with Crippen LogP contribution < -0.4 is 0 Å². The molecule has 0 spiro atoms. The molecule has 0 saturated heterocycles. The molecule has 62 valence electrons. The third kappa shape index (κ3) is 2.55. The van der Waals surface area contributed by atoms with Gasteiger partial charge in [-0.25, -0.2) is 0 Å². The molecule has 0 bridgehead atoms. The van der Waals surface area contributed by atoms with Crippen LogP contribution in [0.3, 0.4) is 0 Å². The summed E-state index contributed by atoms with van der Waals surface area (Å²) < 4.78 is 1.07. The van der Waals surface area contributed by atoms with Crippen LogP contribution in [0, 0.1) is 12.3 Å². The number of aryl methyl sites for hydroxylation is 1. The van der Waals surface area contributed by atoms with Crippen molar-refractivity contribution in [3.05, 3.63) is 33.3 Å².